The SMILES string of the molecule is COc1ccc(CCOC2(CN)CCC(C)CC2)cc1. The van der Waals surface area contributed by atoms with Gasteiger partial charge < -0.3 is 15.2 Å². The number of methoxy groups -OCH3 is 1. The smallest absolute Gasteiger partial charge is 0.118 e. The van der Waals surface area contributed by atoms with Gasteiger partial charge in [0, 0.05) is 6.54 Å². The monoisotopic (exact) mass is 277 g/mol. The van der Waals surface area contributed by atoms with Gasteiger partial charge in [-0.1, -0.05) is 19.1 Å². The van der Waals surface area contributed by atoms with Crippen LogP contribution in [0.15, 0.2) is 24.3 Å². The maximum atomic E-state index is 6.17. The summed E-state index contributed by atoms with van der Waals surface area (Å²) in [5.74, 6) is 1.72. The zero-order valence-corrected chi connectivity index (χ0v) is 12.7. The first-order valence-electron chi connectivity index (χ1n) is 7.64. The summed E-state index contributed by atoms with van der Waals surface area (Å²) in [6, 6.07) is 8.19. The molecule has 0 amide bonds. The first-order chi connectivity index (χ1) is 9.67. The van der Waals surface area contributed by atoms with Crippen LogP contribution in [0.25, 0.3) is 0 Å². The Kier molecular flexibility index (Phi) is 5.44. The second-order valence-corrected chi connectivity index (χ2v) is 6.02. The van der Waals surface area contributed by atoms with Crippen molar-refractivity contribution in [3.63, 3.8) is 0 Å². The van der Waals surface area contributed by atoms with Gasteiger partial charge in [0.1, 0.15) is 5.75 Å². The number of hydrogen-bond donors (Lipinski definition) is 1. The van der Waals surface area contributed by atoms with Gasteiger partial charge in [-0.25, -0.2) is 0 Å². The molecular weight excluding hydrogens is 250 g/mol. The van der Waals surface area contributed by atoms with Crippen LogP contribution in [0.1, 0.15) is 38.2 Å². The summed E-state index contributed by atoms with van der Waals surface area (Å²) in [4.78, 5) is 0. The molecule has 3 heteroatoms. The Morgan fingerprint density at radius 1 is 1.20 bits per heavy atom. The van der Waals surface area contributed by atoms with Crippen molar-refractivity contribution >= 4 is 0 Å². The van der Waals surface area contributed by atoms with Crippen LogP contribution in [0.5, 0.6) is 5.75 Å². The average Bonchev–Trinajstić information content (AvgIpc) is 2.50. The van der Waals surface area contributed by atoms with E-state index in [0.29, 0.717) is 6.54 Å². The standard InChI is InChI=1S/C17H27NO2/c1-14-7-10-17(13-18,11-8-14)20-12-9-15-3-5-16(19-2)6-4-15/h3-6,14H,7-13,18H2,1-2H3. The molecule has 1 aromatic rings. The molecule has 1 fully saturated rings. The normalized spacial score (nSPS) is 26.4. The summed E-state index contributed by atoms with van der Waals surface area (Å²) in [5.41, 5.74) is 7.17. The number of nitrogens with two attached hydrogens (primary N) is 1. The van der Waals surface area contributed by atoms with Crippen molar-refractivity contribution in [2.75, 3.05) is 20.3 Å². The van der Waals surface area contributed by atoms with E-state index in [-0.39, 0.29) is 5.60 Å². The molecule has 112 valence electrons. The van der Waals surface area contributed by atoms with E-state index in [2.05, 4.69) is 19.1 Å². The van der Waals surface area contributed by atoms with Gasteiger partial charge in [0.2, 0.25) is 0 Å². The van der Waals surface area contributed by atoms with Gasteiger partial charge in [-0.2, -0.15) is 0 Å². The van der Waals surface area contributed by atoms with Gasteiger partial charge in [-0.3, -0.25) is 0 Å². The summed E-state index contributed by atoms with van der Waals surface area (Å²) in [6.07, 6.45) is 5.61. The summed E-state index contributed by atoms with van der Waals surface area (Å²) in [6.45, 7) is 3.71. The Labute approximate surface area is 122 Å². The van der Waals surface area contributed by atoms with Crippen LogP contribution in [-0.4, -0.2) is 25.9 Å². The average molecular weight is 277 g/mol. The molecule has 0 aliphatic heterocycles. The molecule has 0 heterocycles. The van der Waals surface area contributed by atoms with E-state index in [1.165, 1.54) is 18.4 Å². The van der Waals surface area contributed by atoms with Gasteiger partial charge >= 0.3 is 0 Å². The minimum absolute atomic E-state index is 0.0705. The molecule has 0 aromatic heterocycles. The topological polar surface area (TPSA) is 44.5 Å². The van der Waals surface area contributed by atoms with Crippen LogP contribution in [0.3, 0.4) is 0 Å². The third-order valence-electron chi connectivity index (χ3n) is 4.52. The van der Waals surface area contributed by atoms with Crippen molar-refractivity contribution in [1.29, 1.82) is 0 Å². The van der Waals surface area contributed by atoms with Gasteiger partial charge in [0.05, 0.1) is 19.3 Å². The fourth-order valence-electron chi connectivity index (χ4n) is 2.87. The van der Waals surface area contributed by atoms with Gasteiger partial charge in [0.15, 0.2) is 0 Å². The molecule has 1 saturated carbocycles. The Balaban J connectivity index is 1.81. The molecule has 0 spiro atoms. The highest BCUT2D eigenvalue weighted by Gasteiger charge is 2.33. The minimum Gasteiger partial charge on any atom is -0.497 e. The molecule has 3 nitrogen and oxygen atoms in total. The number of rotatable bonds is 6. The summed E-state index contributed by atoms with van der Waals surface area (Å²) in [7, 11) is 1.69. The second kappa shape index (κ2) is 7.09. The van der Waals surface area contributed by atoms with Crippen LogP contribution in [-0.2, 0) is 11.2 Å². The van der Waals surface area contributed by atoms with E-state index < -0.39 is 0 Å². The van der Waals surface area contributed by atoms with Crippen molar-refractivity contribution in [3.05, 3.63) is 29.8 Å². The van der Waals surface area contributed by atoms with E-state index >= 15 is 0 Å². The predicted molar refractivity (Wildman–Crippen MR) is 82.1 cm³/mol. The summed E-state index contributed by atoms with van der Waals surface area (Å²) < 4.78 is 11.3. The van der Waals surface area contributed by atoms with E-state index in [9.17, 15) is 0 Å². The first-order valence-corrected chi connectivity index (χ1v) is 7.64. The molecule has 0 atom stereocenters. The molecule has 0 radical (unpaired) electrons. The van der Waals surface area contributed by atoms with Crippen LogP contribution in [0.4, 0.5) is 0 Å². The van der Waals surface area contributed by atoms with E-state index in [4.69, 9.17) is 15.2 Å². The molecule has 0 bridgehead atoms. The van der Waals surface area contributed by atoms with Crippen molar-refractivity contribution in [3.8, 4) is 5.75 Å². The Morgan fingerprint density at radius 3 is 2.40 bits per heavy atom. The van der Waals surface area contributed by atoms with Gasteiger partial charge in [-0.15, -0.1) is 0 Å². The Morgan fingerprint density at radius 2 is 1.85 bits per heavy atom. The predicted octanol–water partition coefficient (Wildman–Crippen LogP) is 3.16. The van der Waals surface area contributed by atoms with Crippen LogP contribution < -0.4 is 10.5 Å². The lowest BCUT2D eigenvalue weighted by atomic mass is 9.79. The van der Waals surface area contributed by atoms with E-state index in [0.717, 1.165) is 37.5 Å². The van der Waals surface area contributed by atoms with Crippen molar-refractivity contribution in [1.82, 2.24) is 0 Å². The lowest BCUT2D eigenvalue weighted by molar-refractivity contribution is -0.0688. The molecule has 2 N–H and O–H groups in total. The van der Waals surface area contributed by atoms with E-state index in [1.54, 1.807) is 7.11 Å². The largest absolute Gasteiger partial charge is 0.497 e. The highest BCUT2D eigenvalue weighted by molar-refractivity contribution is 5.27. The Bertz CT molecular complexity index is 394. The fraction of sp³-hybridized carbons (Fsp3) is 0.647. The highest BCUT2D eigenvalue weighted by atomic mass is 16.5. The molecule has 1 aliphatic carbocycles. The maximum Gasteiger partial charge on any atom is 0.118 e. The number of hydrogen-bond acceptors (Lipinski definition) is 3. The zero-order chi connectivity index (χ0) is 14.4. The van der Waals surface area contributed by atoms with E-state index in [1.807, 2.05) is 12.1 Å². The maximum absolute atomic E-state index is 6.17. The third-order valence-corrected chi connectivity index (χ3v) is 4.52. The molecule has 0 saturated heterocycles. The second-order valence-electron chi connectivity index (χ2n) is 6.02. The first kappa shape index (κ1) is 15.3. The van der Waals surface area contributed by atoms with Gasteiger partial charge in [-0.05, 0) is 55.7 Å². The lowest BCUT2D eigenvalue weighted by Gasteiger charge is -2.38. The summed E-state index contributed by atoms with van der Waals surface area (Å²) >= 11 is 0. The molecule has 20 heavy (non-hydrogen) atoms. The van der Waals surface area contributed by atoms with Crippen LogP contribution >= 0.6 is 0 Å². The minimum atomic E-state index is -0.0705. The molecule has 1 aromatic carbocycles. The van der Waals surface area contributed by atoms with Crippen molar-refractivity contribution in [2.24, 2.45) is 11.7 Å². The third kappa shape index (κ3) is 3.97. The molecule has 2 rings (SSSR count). The number of benzene rings is 1. The Hall–Kier alpha value is -1.06. The quantitative estimate of drug-likeness (QED) is 0.868. The van der Waals surface area contributed by atoms with Gasteiger partial charge in [0.25, 0.3) is 0 Å². The van der Waals surface area contributed by atoms with Crippen molar-refractivity contribution in [2.45, 2.75) is 44.6 Å². The molecule has 1 aliphatic rings. The lowest BCUT2D eigenvalue weighted by Crippen LogP contribution is -2.44. The van der Waals surface area contributed by atoms with Crippen LogP contribution in [0.2, 0.25) is 0 Å². The molecular formula is C17H27NO2. The summed E-state index contributed by atoms with van der Waals surface area (Å²) in [5, 5.41) is 0. The highest BCUT2D eigenvalue weighted by Crippen LogP contribution is 2.34. The zero-order valence-electron chi connectivity index (χ0n) is 12.7. The fourth-order valence-corrected chi connectivity index (χ4v) is 2.87. The molecule has 0 unspecified atom stereocenters. The van der Waals surface area contributed by atoms with Crippen LogP contribution in [0, 0.1) is 5.92 Å². The van der Waals surface area contributed by atoms with Crippen molar-refractivity contribution < 1.29 is 9.47 Å². The number of ether oxygens (including phenoxy) is 2.